The minimum atomic E-state index is 0.124. The van der Waals surface area contributed by atoms with E-state index >= 15 is 0 Å². The summed E-state index contributed by atoms with van der Waals surface area (Å²) in [5, 5.41) is 0. The molecule has 2 aliphatic heterocycles. The quantitative estimate of drug-likeness (QED) is 0.802. The minimum absolute atomic E-state index is 0.124. The molecule has 22 heavy (non-hydrogen) atoms. The summed E-state index contributed by atoms with van der Waals surface area (Å²) in [6.45, 7) is 5.87. The molecular weight excluding hydrogens is 278 g/mol. The van der Waals surface area contributed by atoms with E-state index in [1.807, 2.05) is 6.07 Å². The molecule has 4 heteroatoms. The van der Waals surface area contributed by atoms with Gasteiger partial charge >= 0.3 is 0 Å². The summed E-state index contributed by atoms with van der Waals surface area (Å²) in [6.07, 6.45) is 4.71. The van der Waals surface area contributed by atoms with Crippen LogP contribution in [0.1, 0.15) is 42.1 Å². The average Bonchev–Trinajstić information content (AvgIpc) is 2.56. The molecule has 1 aromatic carbocycles. The third kappa shape index (κ3) is 3.68. The lowest BCUT2D eigenvalue weighted by molar-refractivity contribution is 0.0168. The Hall–Kier alpha value is -1.39. The molecule has 2 fully saturated rings. The van der Waals surface area contributed by atoms with E-state index in [0.717, 1.165) is 51.3 Å². The number of Topliss-reactive ketones (excluding diaryl/α,β-unsaturated/α-hetero) is 1. The predicted octanol–water partition coefficient (Wildman–Crippen LogP) is 2.84. The highest BCUT2D eigenvalue weighted by molar-refractivity contribution is 5.94. The second-order valence-electron chi connectivity index (χ2n) is 6.19. The van der Waals surface area contributed by atoms with Gasteiger partial charge in [-0.3, -0.25) is 4.79 Å². The van der Waals surface area contributed by atoms with Crippen molar-refractivity contribution in [2.45, 2.75) is 38.7 Å². The van der Waals surface area contributed by atoms with Gasteiger partial charge in [-0.2, -0.15) is 0 Å². The molecule has 0 spiro atoms. The first-order chi connectivity index (χ1) is 10.7. The Morgan fingerprint density at radius 1 is 1.23 bits per heavy atom. The Morgan fingerprint density at radius 3 is 2.73 bits per heavy atom. The monoisotopic (exact) mass is 303 g/mol. The van der Waals surface area contributed by atoms with Crippen LogP contribution in [0.4, 0.5) is 5.69 Å². The summed E-state index contributed by atoms with van der Waals surface area (Å²) in [6, 6.07) is 6.10. The van der Waals surface area contributed by atoms with E-state index < -0.39 is 0 Å². The zero-order valence-electron chi connectivity index (χ0n) is 13.3. The van der Waals surface area contributed by atoms with Gasteiger partial charge in [0.25, 0.3) is 0 Å². The number of ketones is 1. The lowest BCUT2D eigenvalue weighted by atomic mass is 9.97. The van der Waals surface area contributed by atoms with Crippen LogP contribution in [-0.2, 0) is 15.9 Å². The van der Waals surface area contributed by atoms with E-state index in [4.69, 9.17) is 9.47 Å². The van der Waals surface area contributed by atoms with Crippen molar-refractivity contribution in [1.29, 1.82) is 0 Å². The number of morpholine rings is 1. The summed E-state index contributed by atoms with van der Waals surface area (Å²) in [5.74, 6) is 0.124. The standard InChI is InChI=1S/C18H25NO3/c1-14(20)15-5-6-18(19-7-10-21-11-8-19)16(12-15)13-17-4-2-3-9-22-17/h5-6,12,17H,2-4,7-11,13H2,1H3/t17-/m0/s1. The molecule has 2 aliphatic rings. The van der Waals surface area contributed by atoms with Gasteiger partial charge in [0.2, 0.25) is 0 Å². The Balaban J connectivity index is 1.84. The molecule has 0 bridgehead atoms. The molecule has 0 radical (unpaired) electrons. The van der Waals surface area contributed by atoms with E-state index in [-0.39, 0.29) is 11.9 Å². The molecule has 2 heterocycles. The topological polar surface area (TPSA) is 38.8 Å². The maximum Gasteiger partial charge on any atom is 0.159 e. The number of rotatable bonds is 4. The summed E-state index contributed by atoms with van der Waals surface area (Å²) in [7, 11) is 0. The molecule has 120 valence electrons. The van der Waals surface area contributed by atoms with Crippen LogP contribution in [0.15, 0.2) is 18.2 Å². The number of anilines is 1. The summed E-state index contributed by atoms with van der Waals surface area (Å²) < 4.78 is 11.3. The second-order valence-corrected chi connectivity index (χ2v) is 6.19. The highest BCUT2D eigenvalue weighted by atomic mass is 16.5. The van der Waals surface area contributed by atoms with Crippen molar-refractivity contribution in [3.8, 4) is 0 Å². The Labute approximate surface area is 132 Å². The molecule has 4 nitrogen and oxygen atoms in total. The van der Waals surface area contributed by atoms with Gasteiger partial charge in [-0.1, -0.05) is 0 Å². The van der Waals surface area contributed by atoms with Crippen molar-refractivity contribution < 1.29 is 14.3 Å². The number of ether oxygens (including phenoxy) is 2. The number of benzene rings is 1. The predicted molar refractivity (Wildman–Crippen MR) is 86.8 cm³/mol. The highest BCUT2D eigenvalue weighted by Gasteiger charge is 2.20. The number of carbonyl (C=O) groups is 1. The average molecular weight is 303 g/mol. The van der Waals surface area contributed by atoms with Crippen LogP contribution in [0.2, 0.25) is 0 Å². The number of hydrogen-bond acceptors (Lipinski definition) is 4. The summed E-state index contributed by atoms with van der Waals surface area (Å²) in [4.78, 5) is 14.1. The smallest absolute Gasteiger partial charge is 0.159 e. The number of hydrogen-bond donors (Lipinski definition) is 0. The molecular formula is C18H25NO3. The lowest BCUT2D eigenvalue weighted by Crippen LogP contribution is -2.37. The third-order valence-electron chi connectivity index (χ3n) is 4.56. The van der Waals surface area contributed by atoms with E-state index in [9.17, 15) is 4.79 Å². The first-order valence-electron chi connectivity index (χ1n) is 8.32. The normalized spacial score (nSPS) is 22.6. The zero-order valence-corrected chi connectivity index (χ0v) is 13.3. The van der Waals surface area contributed by atoms with Crippen LogP contribution in [0.5, 0.6) is 0 Å². The Bertz CT molecular complexity index is 517. The van der Waals surface area contributed by atoms with Crippen LogP contribution in [-0.4, -0.2) is 44.8 Å². The van der Waals surface area contributed by atoms with Crippen LogP contribution in [0.25, 0.3) is 0 Å². The van der Waals surface area contributed by atoms with Crippen molar-refractivity contribution in [1.82, 2.24) is 0 Å². The van der Waals surface area contributed by atoms with Gasteiger partial charge in [-0.15, -0.1) is 0 Å². The Morgan fingerprint density at radius 2 is 2.05 bits per heavy atom. The molecule has 2 saturated heterocycles. The van der Waals surface area contributed by atoms with Gasteiger partial charge in [-0.05, 0) is 49.9 Å². The van der Waals surface area contributed by atoms with Gasteiger partial charge in [0.1, 0.15) is 0 Å². The van der Waals surface area contributed by atoms with Crippen LogP contribution >= 0.6 is 0 Å². The van der Waals surface area contributed by atoms with Crippen molar-refractivity contribution >= 4 is 11.5 Å². The molecule has 0 amide bonds. The third-order valence-corrected chi connectivity index (χ3v) is 4.56. The van der Waals surface area contributed by atoms with E-state index in [1.54, 1.807) is 6.92 Å². The highest BCUT2D eigenvalue weighted by Crippen LogP contribution is 2.27. The van der Waals surface area contributed by atoms with Crippen molar-refractivity contribution in [3.05, 3.63) is 29.3 Å². The molecule has 0 unspecified atom stereocenters. The fourth-order valence-electron chi connectivity index (χ4n) is 3.29. The molecule has 0 aliphatic carbocycles. The molecule has 3 rings (SSSR count). The summed E-state index contributed by atoms with van der Waals surface area (Å²) >= 11 is 0. The number of nitrogens with zero attached hydrogens (tertiary/aromatic N) is 1. The molecule has 1 aromatic rings. The SMILES string of the molecule is CC(=O)c1ccc(N2CCOCC2)c(C[C@@H]2CCCCO2)c1. The fourth-order valence-corrected chi connectivity index (χ4v) is 3.29. The molecule has 0 N–H and O–H groups in total. The second kappa shape index (κ2) is 7.25. The molecule has 1 atom stereocenters. The number of carbonyl (C=O) groups excluding carboxylic acids is 1. The Kier molecular flexibility index (Phi) is 5.11. The zero-order chi connectivity index (χ0) is 15.4. The minimum Gasteiger partial charge on any atom is -0.378 e. The van der Waals surface area contributed by atoms with Crippen molar-refractivity contribution in [2.24, 2.45) is 0 Å². The maximum atomic E-state index is 11.7. The van der Waals surface area contributed by atoms with E-state index in [2.05, 4.69) is 17.0 Å². The first-order valence-corrected chi connectivity index (χ1v) is 8.32. The van der Waals surface area contributed by atoms with Crippen molar-refractivity contribution in [3.63, 3.8) is 0 Å². The van der Waals surface area contributed by atoms with Crippen LogP contribution in [0, 0.1) is 0 Å². The van der Waals surface area contributed by atoms with Gasteiger partial charge in [0, 0.05) is 37.4 Å². The van der Waals surface area contributed by atoms with E-state index in [0.29, 0.717) is 0 Å². The molecule has 0 aromatic heterocycles. The molecule has 0 saturated carbocycles. The first kappa shape index (κ1) is 15.5. The largest absolute Gasteiger partial charge is 0.378 e. The fraction of sp³-hybridized carbons (Fsp3) is 0.611. The van der Waals surface area contributed by atoms with E-state index in [1.165, 1.54) is 24.1 Å². The lowest BCUT2D eigenvalue weighted by Gasteiger charge is -2.32. The van der Waals surface area contributed by atoms with Crippen molar-refractivity contribution in [2.75, 3.05) is 37.8 Å². The van der Waals surface area contributed by atoms with Crippen LogP contribution < -0.4 is 4.90 Å². The van der Waals surface area contributed by atoms with Crippen LogP contribution in [0.3, 0.4) is 0 Å². The maximum absolute atomic E-state index is 11.7. The van der Waals surface area contributed by atoms with Gasteiger partial charge in [-0.25, -0.2) is 0 Å². The van der Waals surface area contributed by atoms with Gasteiger partial charge in [0.15, 0.2) is 5.78 Å². The van der Waals surface area contributed by atoms with Gasteiger partial charge in [0.05, 0.1) is 19.3 Å². The summed E-state index contributed by atoms with van der Waals surface area (Å²) in [5.41, 5.74) is 3.27. The van der Waals surface area contributed by atoms with Gasteiger partial charge < -0.3 is 14.4 Å².